The maximum absolute atomic E-state index is 14.0. The predicted octanol–water partition coefficient (Wildman–Crippen LogP) is 7.09. The molecule has 0 aliphatic heterocycles. The third kappa shape index (κ3) is 8.23. The molecule has 4 aromatic rings. The van der Waals surface area contributed by atoms with Gasteiger partial charge in [-0.25, -0.2) is 9.97 Å². The molecule has 2 N–H and O–H groups in total. The Kier molecular flexibility index (Phi) is 10.4. The molecule has 1 amide bonds. The standard InChI is InChI=1S/C36H42F3N7O4/c1-4-50-30(47)9-7-8-22-10-13-25(40-19-22)33(48)45-34-43-31-28(46(2)20-35(21-49-3)14-5-6-15-35)18-27(42-32(31)44-34)24-16-26(23-11-12-23)41-29(17-24)36(37,38)39/h10,13,16-19,23H,4-9,11-12,14-15,20-21H2,1-3H3,(H2,42,43,44,45,48). The number of aromatic amines is 1. The number of aromatic nitrogens is 5. The molecule has 0 saturated heterocycles. The van der Waals surface area contributed by atoms with Crippen molar-refractivity contribution in [1.29, 1.82) is 0 Å². The molecule has 2 aliphatic carbocycles. The lowest BCUT2D eigenvalue weighted by Gasteiger charge is -2.34. The number of hydrogen-bond acceptors (Lipinski definition) is 9. The van der Waals surface area contributed by atoms with Crippen LogP contribution in [0.5, 0.6) is 0 Å². The highest BCUT2D eigenvalue weighted by molar-refractivity contribution is 6.03. The van der Waals surface area contributed by atoms with Crippen LogP contribution in [0.15, 0.2) is 36.5 Å². The molecular formula is C36H42F3N7O4. The summed E-state index contributed by atoms with van der Waals surface area (Å²) >= 11 is 0. The number of carbonyl (C=O) groups excluding carboxylic acids is 2. The average Bonchev–Trinajstić information content (AvgIpc) is 3.71. The number of hydrogen-bond donors (Lipinski definition) is 2. The molecule has 0 unspecified atom stereocenters. The van der Waals surface area contributed by atoms with Gasteiger partial charge < -0.3 is 19.4 Å². The van der Waals surface area contributed by atoms with E-state index in [1.807, 2.05) is 7.05 Å². The van der Waals surface area contributed by atoms with Crippen LogP contribution in [0.2, 0.25) is 0 Å². The highest BCUT2D eigenvalue weighted by atomic mass is 19.4. The SMILES string of the molecule is CCOC(=O)CCCc1ccc(C(=O)Nc2nc3nc(-c4cc(C5CC5)nc(C(F)(F)F)c4)cc(N(C)CC4(COC)CCCC4)c3[nH]2)nc1. The number of esters is 1. The lowest BCUT2D eigenvalue weighted by molar-refractivity contribution is -0.143. The number of imidazole rings is 1. The molecule has 2 fully saturated rings. The number of methoxy groups -OCH3 is 1. The van der Waals surface area contributed by atoms with Gasteiger partial charge in [0.05, 0.1) is 24.6 Å². The maximum Gasteiger partial charge on any atom is 0.433 e. The summed E-state index contributed by atoms with van der Waals surface area (Å²) in [5, 5.41) is 2.76. The maximum atomic E-state index is 14.0. The van der Waals surface area contributed by atoms with Crippen molar-refractivity contribution < 1.29 is 32.2 Å². The number of aryl methyl sites for hydroxylation is 1. The van der Waals surface area contributed by atoms with Crippen molar-refractivity contribution in [2.45, 2.75) is 76.8 Å². The van der Waals surface area contributed by atoms with Crippen molar-refractivity contribution in [3.05, 3.63) is 59.2 Å². The highest BCUT2D eigenvalue weighted by Crippen LogP contribution is 2.43. The van der Waals surface area contributed by atoms with Crippen LogP contribution in [0.4, 0.5) is 24.8 Å². The molecule has 2 saturated carbocycles. The zero-order chi connectivity index (χ0) is 35.5. The Morgan fingerprint density at radius 3 is 2.54 bits per heavy atom. The fraction of sp³-hybridized carbons (Fsp3) is 0.500. The van der Waals surface area contributed by atoms with Crippen molar-refractivity contribution in [1.82, 2.24) is 24.9 Å². The summed E-state index contributed by atoms with van der Waals surface area (Å²) in [4.78, 5) is 47.6. The van der Waals surface area contributed by atoms with Gasteiger partial charge in [-0.1, -0.05) is 18.9 Å². The lowest BCUT2D eigenvalue weighted by atomic mass is 9.86. The van der Waals surface area contributed by atoms with E-state index >= 15 is 0 Å². The number of anilines is 2. The van der Waals surface area contributed by atoms with E-state index in [0.717, 1.165) is 50.2 Å². The molecule has 0 atom stereocenters. The third-order valence-corrected chi connectivity index (χ3v) is 9.41. The number of H-pyrrole nitrogens is 1. The average molecular weight is 694 g/mol. The number of fused-ring (bicyclic) bond motifs is 1. The van der Waals surface area contributed by atoms with Gasteiger partial charge in [0.25, 0.3) is 5.91 Å². The number of nitrogens with zero attached hydrogens (tertiary/aromatic N) is 5. The predicted molar refractivity (Wildman–Crippen MR) is 182 cm³/mol. The van der Waals surface area contributed by atoms with Gasteiger partial charge in [0.2, 0.25) is 5.95 Å². The molecule has 14 heteroatoms. The molecular weight excluding hydrogens is 651 g/mol. The van der Waals surface area contributed by atoms with Crippen LogP contribution in [0, 0.1) is 5.41 Å². The molecule has 266 valence electrons. The van der Waals surface area contributed by atoms with E-state index in [1.54, 1.807) is 44.5 Å². The first-order chi connectivity index (χ1) is 24.0. The first-order valence-corrected chi connectivity index (χ1v) is 17.1. The van der Waals surface area contributed by atoms with Gasteiger partial charge in [0.15, 0.2) is 5.65 Å². The van der Waals surface area contributed by atoms with Gasteiger partial charge in [-0.05, 0) is 75.3 Å². The molecule has 0 bridgehead atoms. The molecule has 0 spiro atoms. The fourth-order valence-electron chi connectivity index (χ4n) is 6.83. The minimum atomic E-state index is -4.61. The Balaban J connectivity index is 1.30. The minimum absolute atomic E-state index is 0.00216. The van der Waals surface area contributed by atoms with Crippen molar-refractivity contribution >= 4 is 34.7 Å². The van der Waals surface area contributed by atoms with E-state index in [0.29, 0.717) is 67.2 Å². The van der Waals surface area contributed by atoms with Gasteiger partial charge in [0.1, 0.15) is 16.9 Å². The minimum Gasteiger partial charge on any atom is -0.466 e. The van der Waals surface area contributed by atoms with Crippen molar-refractivity contribution in [3.63, 3.8) is 0 Å². The van der Waals surface area contributed by atoms with E-state index < -0.39 is 17.8 Å². The number of pyridine rings is 3. The smallest absolute Gasteiger partial charge is 0.433 e. The summed E-state index contributed by atoms with van der Waals surface area (Å²) in [5.74, 6) is -0.625. The largest absolute Gasteiger partial charge is 0.466 e. The topological polar surface area (TPSA) is 135 Å². The summed E-state index contributed by atoms with van der Waals surface area (Å²) in [6.45, 7) is 3.34. The normalized spacial score (nSPS) is 15.7. The summed E-state index contributed by atoms with van der Waals surface area (Å²) in [7, 11) is 3.63. The van der Waals surface area contributed by atoms with Gasteiger partial charge >= 0.3 is 12.1 Å². The Morgan fingerprint density at radius 1 is 1.10 bits per heavy atom. The second-order valence-electron chi connectivity index (χ2n) is 13.4. The number of amides is 1. The fourth-order valence-corrected chi connectivity index (χ4v) is 6.83. The van der Waals surface area contributed by atoms with Crippen LogP contribution < -0.4 is 10.2 Å². The Morgan fingerprint density at radius 2 is 1.88 bits per heavy atom. The van der Waals surface area contributed by atoms with Gasteiger partial charge in [-0.15, -0.1) is 0 Å². The molecule has 0 radical (unpaired) electrons. The first kappa shape index (κ1) is 35.2. The van der Waals surface area contributed by atoms with Crippen molar-refractivity contribution in [3.8, 4) is 11.3 Å². The summed E-state index contributed by atoms with van der Waals surface area (Å²) < 4.78 is 52.5. The van der Waals surface area contributed by atoms with Gasteiger partial charge in [-0.2, -0.15) is 18.2 Å². The molecule has 11 nitrogen and oxygen atoms in total. The Hall–Kier alpha value is -4.59. The van der Waals surface area contributed by atoms with Crippen LogP contribution in [-0.2, 0) is 26.9 Å². The Bertz CT molecular complexity index is 1830. The summed E-state index contributed by atoms with van der Waals surface area (Å²) in [5.41, 5.74) is 2.51. The van der Waals surface area contributed by atoms with E-state index in [1.165, 1.54) is 0 Å². The van der Waals surface area contributed by atoms with E-state index in [4.69, 9.17) is 14.5 Å². The quantitative estimate of drug-likeness (QED) is 0.133. The summed E-state index contributed by atoms with van der Waals surface area (Å²) in [6, 6.07) is 7.88. The molecule has 2 aliphatic rings. The molecule has 4 heterocycles. The number of ether oxygens (including phenoxy) is 2. The van der Waals surface area contributed by atoms with Crippen LogP contribution in [0.25, 0.3) is 22.4 Å². The van der Waals surface area contributed by atoms with Crippen molar-refractivity contribution in [2.75, 3.05) is 44.1 Å². The monoisotopic (exact) mass is 693 g/mol. The Labute approximate surface area is 288 Å². The van der Waals surface area contributed by atoms with E-state index in [-0.39, 0.29) is 34.6 Å². The van der Waals surface area contributed by atoms with E-state index in [2.05, 4.69) is 30.2 Å². The zero-order valence-corrected chi connectivity index (χ0v) is 28.5. The number of nitrogens with one attached hydrogen (secondary N) is 2. The second-order valence-corrected chi connectivity index (χ2v) is 13.4. The van der Waals surface area contributed by atoms with Crippen LogP contribution >= 0.6 is 0 Å². The summed E-state index contributed by atoms with van der Waals surface area (Å²) in [6.07, 6.45) is 4.27. The number of halogens is 3. The lowest BCUT2D eigenvalue weighted by Crippen LogP contribution is -2.37. The number of carbonyl (C=O) groups is 2. The van der Waals surface area contributed by atoms with Crippen LogP contribution in [-0.4, -0.2) is 70.7 Å². The van der Waals surface area contributed by atoms with Crippen LogP contribution in [0.3, 0.4) is 0 Å². The van der Waals surface area contributed by atoms with Crippen LogP contribution in [0.1, 0.15) is 91.6 Å². The number of rotatable bonds is 14. The third-order valence-electron chi connectivity index (χ3n) is 9.41. The molecule has 6 rings (SSSR count). The zero-order valence-electron chi connectivity index (χ0n) is 28.5. The molecule has 0 aromatic carbocycles. The van der Waals surface area contributed by atoms with Crippen molar-refractivity contribution in [2.24, 2.45) is 5.41 Å². The number of alkyl halides is 3. The molecule has 50 heavy (non-hydrogen) atoms. The van der Waals surface area contributed by atoms with Gasteiger partial charge in [0, 0.05) is 55.9 Å². The highest BCUT2D eigenvalue weighted by Gasteiger charge is 2.37. The van der Waals surface area contributed by atoms with Gasteiger partial charge in [-0.3, -0.25) is 19.9 Å². The first-order valence-electron chi connectivity index (χ1n) is 17.1. The second kappa shape index (κ2) is 14.7. The van der Waals surface area contributed by atoms with E-state index in [9.17, 15) is 22.8 Å². The molecule has 4 aromatic heterocycles.